The summed E-state index contributed by atoms with van der Waals surface area (Å²) in [5.41, 5.74) is 7.95. The number of carbonyl (C=O) groups is 1. The van der Waals surface area contributed by atoms with E-state index < -0.39 is 5.67 Å². The quantitative estimate of drug-likeness (QED) is 0.730. The zero-order valence-corrected chi connectivity index (χ0v) is 19.2. The lowest BCUT2D eigenvalue weighted by Crippen LogP contribution is -2.55. The van der Waals surface area contributed by atoms with Crippen LogP contribution in [-0.4, -0.2) is 58.6 Å². The van der Waals surface area contributed by atoms with Crippen LogP contribution in [0, 0.1) is 0 Å². The van der Waals surface area contributed by atoms with Gasteiger partial charge in [0, 0.05) is 63.8 Å². The fourth-order valence-electron chi connectivity index (χ4n) is 5.68. The lowest BCUT2D eigenvalue weighted by Gasteiger charge is -2.41. The van der Waals surface area contributed by atoms with Crippen molar-refractivity contribution in [1.82, 2.24) is 20.1 Å². The van der Waals surface area contributed by atoms with E-state index >= 15 is 4.39 Å². The second-order valence-corrected chi connectivity index (χ2v) is 9.85. The molecule has 2 aliphatic heterocycles. The predicted molar refractivity (Wildman–Crippen MR) is 127 cm³/mol. The van der Waals surface area contributed by atoms with Gasteiger partial charge in [0.2, 0.25) is 0 Å². The zero-order valence-electron chi connectivity index (χ0n) is 19.2. The number of amides is 1. The van der Waals surface area contributed by atoms with Crippen molar-refractivity contribution in [2.75, 3.05) is 31.9 Å². The Morgan fingerprint density at radius 1 is 1.12 bits per heavy atom. The van der Waals surface area contributed by atoms with Gasteiger partial charge in [-0.1, -0.05) is 24.3 Å². The van der Waals surface area contributed by atoms with Gasteiger partial charge >= 0.3 is 0 Å². The van der Waals surface area contributed by atoms with Crippen LogP contribution >= 0.6 is 0 Å². The number of carbonyl (C=O) groups excluding carboxylic acids is 1. The third-order valence-electron chi connectivity index (χ3n) is 7.64. The Balaban J connectivity index is 1.10. The van der Waals surface area contributed by atoms with Crippen LogP contribution in [0.3, 0.4) is 0 Å². The second-order valence-electron chi connectivity index (χ2n) is 9.85. The minimum absolute atomic E-state index is 0.253. The molecule has 0 bridgehead atoms. The monoisotopic (exact) mass is 451 g/mol. The van der Waals surface area contributed by atoms with Crippen LogP contribution in [0.15, 0.2) is 42.6 Å². The molecular formula is C26H34FN5O. The van der Waals surface area contributed by atoms with E-state index in [1.165, 1.54) is 11.1 Å². The number of likely N-dealkylation sites (tertiary alicyclic amines) is 2. The highest BCUT2D eigenvalue weighted by Gasteiger charge is 2.44. The van der Waals surface area contributed by atoms with Crippen LogP contribution in [0.5, 0.6) is 0 Å². The molecule has 0 spiro atoms. The standard InChI is InChI=1S/C26H34FN5O/c27-26(10-15-31(16-11-26)18-19-7-12-29-24(28)17-19)25(33)32-13-8-21(9-14-32)30-23-6-5-20-3-1-2-4-22(20)23/h1-4,7,12,17,21,23,30H,5-6,8-11,13-16,18H2,(H2,28,29). The number of halogens is 1. The average molecular weight is 452 g/mol. The number of nitrogens with one attached hydrogen (secondary N) is 1. The van der Waals surface area contributed by atoms with Crippen molar-refractivity contribution in [1.29, 1.82) is 0 Å². The van der Waals surface area contributed by atoms with Crippen molar-refractivity contribution in [3.63, 3.8) is 0 Å². The van der Waals surface area contributed by atoms with Crippen molar-refractivity contribution < 1.29 is 9.18 Å². The molecule has 1 aliphatic carbocycles. The number of anilines is 1. The molecule has 2 saturated heterocycles. The van der Waals surface area contributed by atoms with Crippen LogP contribution in [-0.2, 0) is 17.8 Å². The summed E-state index contributed by atoms with van der Waals surface area (Å²) >= 11 is 0. The fraction of sp³-hybridized carbons (Fsp3) is 0.538. The molecule has 3 N–H and O–H groups in total. The number of piperidine rings is 2. The van der Waals surface area contributed by atoms with Gasteiger partial charge in [-0.2, -0.15) is 0 Å². The van der Waals surface area contributed by atoms with Crippen molar-refractivity contribution in [2.45, 2.75) is 62.8 Å². The molecule has 1 unspecified atom stereocenters. The van der Waals surface area contributed by atoms with Crippen LogP contribution < -0.4 is 11.1 Å². The van der Waals surface area contributed by atoms with Crippen LogP contribution in [0.1, 0.15) is 54.8 Å². The van der Waals surface area contributed by atoms with Crippen molar-refractivity contribution >= 4 is 11.7 Å². The number of aromatic nitrogens is 1. The minimum atomic E-state index is -1.74. The Kier molecular flexibility index (Phi) is 6.34. The molecule has 6 nitrogen and oxygen atoms in total. The highest BCUT2D eigenvalue weighted by molar-refractivity contribution is 5.85. The first-order valence-corrected chi connectivity index (χ1v) is 12.3. The molecule has 33 heavy (non-hydrogen) atoms. The zero-order chi connectivity index (χ0) is 22.8. The number of aryl methyl sites for hydroxylation is 1. The molecule has 1 amide bonds. The second kappa shape index (κ2) is 9.39. The molecule has 0 saturated carbocycles. The maximum atomic E-state index is 15.7. The van der Waals surface area contributed by atoms with E-state index in [1.807, 2.05) is 12.1 Å². The molecule has 3 heterocycles. The maximum absolute atomic E-state index is 15.7. The normalized spacial score (nSPS) is 23.4. The number of hydrogen-bond donors (Lipinski definition) is 2. The summed E-state index contributed by atoms with van der Waals surface area (Å²) in [5.74, 6) is 0.189. The first-order chi connectivity index (χ1) is 16.0. The van der Waals surface area contributed by atoms with Gasteiger partial charge < -0.3 is 16.0 Å². The molecule has 1 aromatic heterocycles. The number of hydrogen-bond acceptors (Lipinski definition) is 5. The van der Waals surface area contributed by atoms with Crippen LogP contribution in [0.25, 0.3) is 0 Å². The summed E-state index contributed by atoms with van der Waals surface area (Å²) in [5, 5.41) is 3.80. The first kappa shape index (κ1) is 22.3. The topological polar surface area (TPSA) is 74.5 Å². The van der Waals surface area contributed by atoms with Crippen molar-refractivity contribution in [3.05, 3.63) is 59.3 Å². The van der Waals surface area contributed by atoms with Gasteiger partial charge in [-0.05, 0) is 54.5 Å². The van der Waals surface area contributed by atoms with Gasteiger partial charge in [0.15, 0.2) is 5.67 Å². The SMILES string of the molecule is Nc1cc(CN2CCC(F)(C(=O)N3CCC(NC4CCc5ccccc54)CC3)CC2)ccn1. The summed E-state index contributed by atoms with van der Waals surface area (Å²) in [7, 11) is 0. The molecule has 1 atom stereocenters. The molecule has 3 aliphatic rings. The lowest BCUT2D eigenvalue weighted by atomic mass is 9.90. The molecule has 2 fully saturated rings. The fourth-order valence-corrected chi connectivity index (χ4v) is 5.68. The van der Waals surface area contributed by atoms with E-state index in [1.54, 1.807) is 11.1 Å². The number of nitrogens with two attached hydrogens (primary N) is 1. The van der Waals surface area contributed by atoms with Gasteiger partial charge in [0.25, 0.3) is 5.91 Å². The van der Waals surface area contributed by atoms with E-state index in [9.17, 15) is 4.79 Å². The smallest absolute Gasteiger partial charge is 0.260 e. The summed E-state index contributed by atoms with van der Waals surface area (Å²) in [6.07, 6.45) is 6.23. The number of benzene rings is 1. The average Bonchev–Trinajstić information content (AvgIpc) is 3.24. The van der Waals surface area contributed by atoms with E-state index in [-0.39, 0.29) is 18.7 Å². The van der Waals surface area contributed by atoms with Gasteiger partial charge in [-0.15, -0.1) is 0 Å². The molecule has 2 aromatic rings. The van der Waals surface area contributed by atoms with Crippen LogP contribution in [0.4, 0.5) is 10.2 Å². The molecule has 176 valence electrons. The molecule has 7 heteroatoms. The Morgan fingerprint density at radius 3 is 2.64 bits per heavy atom. The maximum Gasteiger partial charge on any atom is 0.260 e. The Morgan fingerprint density at radius 2 is 1.88 bits per heavy atom. The largest absolute Gasteiger partial charge is 0.384 e. The number of nitrogen functional groups attached to an aromatic ring is 1. The highest BCUT2D eigenvalue weighted by atomic mass is 19.1. The summed E-state index contributed by atoms with van der Waals surface area (Å²) < 4.78 is 15.7. The summed E-state index contributed by atoms with van der Waals surface area (Å²) in [6, 6.07) is 13.2. The lowest BCUT2D eigenvalue weighted by molar-refractivity contribution is -0.148. The number of pyridine rings is 1. The number of alkyl halides is 1. The molecule has 1 aromatic carbocycles. The Bertz CT molecular complexity index is 982. The van der Waals surface area contributed by atoms with E-state index in [4.69, 9.17) is 5.73 Å². The van der Waals surface area contributed by atoms with E-state index in [0.29, 0.717) is 50.6 Å². The number of rotatable bonds is 5. The Labute approximate surface area is 195 Å². The van der Waals surface area contributed by atoms with Gasteiger partial charge in [-0.3, -0.25) is 9.69 Å². The Hall–Kier alpha value is -2.51. The third kappa shape index (κ3) is 4.89. The minimum Gasteiger partial charge on any atom is -0.384 e. The summed E-state index contributed by atoms with van der Waals surface area (Å²) in [6.45, 7) is 3.12. The van der Waals surface area contributed by atoms with Gasteiger partial charge in [-0.25, -0.2) is 9.37 Å². The predicted octanol–water partition coefficient (Wildman–Crippen LogP) is 3.24. The van der Waals surface area contributed by atoms with E-state index in [2.05, 4.69) is 39.5 Å². The molecule has 5 rings (SSSR count). The van der Waals surface area contributed by atoms with Crippen molar-refractivity contribution in [3.8, 4) is 0 Å². The summed E-state index contributed by atoms with van der Waals surface area (Å²) in [4.78, 5) is 21.1. The third-order valence-corrected chi connectivity index (χ3v) is 7.64. The van der Waals surface area contributed by atoms with Crippen molar-refractivity contribution in [2.24, 2.45) is 0 Å². The van der Waals surface area contributed by atoms with Gasteiger partial charge in [0.1, 0.15) is 5.82 Å². The van der Waals surface area contributed by atoms with Crippen LogP contribution in [0.2, 0.25) is 0 Å². The molecule has 0 radical (unpaired) electrons. The number of fused-ring (bicyclic) bond motifs is 1. The van der Waals surface area contributed by atoms with E-state index in [0.717, 1.165) is 31.2 Å². The molecular weight excluding hydrogens is 417 g/mol. The first-order valence-electron chi connectivity index (χ1n) is 12.3. The number of nitrogens with zero attached hydrogens (tertiary/aromatic N) is 3. The highest BCUT2D eigenvalue weighted by Crippen LogP contribution is 2.33. The van der Waals surface area contributed by atoms with Gasteiger partial charge in [0.05, 0.1) is 0 Å².